The summed E-state index contributed by atoms with van der Waals surface area (Å²) in [5.41, 5.74) is 0. The number of β-amino-alcohol motifs (C(OH)–C–C–N with tert-alkyl or cyclic N) is 1. The van der Waals surface area contributed by atoms with Crippen molar-refractivity contribution in [3.05, 3.63) is 23.2 Å². The van der Waals surface area contributed by atoms with Gasteiger partial charge in [0.15, 0.2) is 0 Å². The summed E-state index contributed by atoms with van der Waals surface area (Å²) < 4.78 is 32.5. The van der Waals surface area contributed by atoms with Crippen molar-refractivity contribution >= 4 is 21.6 Å². The summed E-state index contributed by atoms with van der Waals surface area (Å²) >= 11 is 5.95. The van der Waals surface area contributed by atoms with Crippen molar-refractivity contribution in [2.75, 3.05) is 45.9 Å². The fourth-order valence-corrected chi connectivity index (χ4v) is 4.25. The van der Waals surface area contributed by atoms with Crippen LogP contribution in [-0.2, 0) is 10.0 Å². The Labute approximate surface area is 136 Å². The highest BCUT2D eigenvalue weighted by molar-refractivity contribution is 7.89. The molecule has 0 aromatic heterocycles. The Hall–Kier alpha value is -0.860. The predicted octanol–water partition coefficient (Wildman–Crippen LogP) is 1.04. The maximum atomic E-state index is 12.8. The monoisotopic (exact) mass is 348 g/mol. The first-order chi connectivity index (χ1) is 10.5. The van der Waals surface area contributed by atoms with Crippen LogP contribution in [0.5, 0.6) is 5.75 Å². The summed E-state index contributed by atoms with van der Waals surface area (Å²) in [5, 5.41) is 9.31. The third-order valence-electron chi connectivity index (χ3n) is 3.57. The molecular weight excluding hydrogens is 328 g/mol. The van der Waals surface area contributed by atoms with Crippen LogP contribution in [0.4, 0.5) is 0 Å². The number of halogens is 1. The Bertz CT molecular complexity index is 601. The van der Waals surface area contributed by atoms with E-state index in [1.165, 1.54) is 10.4 Å². The van der Waals surface area contributed by atoms with Gasteiger partial charge in [-0.3, -0.25) is 4.90 Å². The van der Waals surface area contributed by atoms with Crippen molar-refractivity contribution in [1.29, 1.82) is 0 Å². The molecule has 1 aliphatic rings. The van der Waals surface area contributed by atoms with Gasteiger partial charge in [-0.2, -0.15) is 4.31 Å². The second kappa shape index (κ2) is 7.61. The van der Waals surface area contributed by atoms with Gasteiger partial charge in [0.05, 0.1) is 13.2 Å². The van der Waals surface area contributed by atoms with Crippen LogP contribution in [0.2, 0.25) is 5.02 Å². The molecule has 1 saturated heterocycles. The van der Waals surface area contributed by atoms with E-state index in [2.05, 4.69) is 0 Å². The summed E-state index contributed by atoms with van der Waals surface area (Å²) in [6.45, 7) is 4.81. The lowest BCUT2D eigenvalue weighted by Gasteiger charge is -2.33. The lowest BCUT2D eigenvalue weighted by Crippen LogP contribution is -2.49. The van der Waals surface area contributed by atoms with Crippen LogP contribution in [-0.4, -0.2) is 68.7 Å². The number of rotatable bonds is 6. The van der Waals surface area contributed by atoms with Gasteiger partial charge in [-0.1, -0.05) is 11.6 Å². The summed E-state index contributed by atoms with van der Waals surface area (Å²) in [4.78, 5) is 2.14. The quantitative estimate of drug-likeness (QED) is 0.831. The number of ether oxygens (including phenoxy) is 1. The van der Waals surface area contributed by atoms with E-state index in [-0.39, 0.29) is 11.5 Å². The topological polar surface area (TPSA) is 70.1 Å². The van der Waals surface area contributed by atoms with Crippen molar-refractivity contribution in [3.63, 3.8) is 0 Å². The second-order valence-electron chi connectivity index (χ2n) is 4.99. The molecule has 0 radical (unpaired) electrons. The van der Waals surface area contributed by atoms with Crippen LogP contribution < -0.4 is 4.74 Å². The molecule has 0 aliphatic carbocycles. The number of sulfonamides is 1. The largest absolute Gasteiger partial charge is 0.492 e. The molecular formula is C14H21ClN2O4S. The molecule has 1 fully saturated rings. The van der Waals surface area contributed by atoms with E-state index in [9.17, 15) is 8.42 Å². The van der Waals surface area contributed by atoms with E-state index >= 15 is 0 Å². The third kappa shape index (κ3) is 3.91. The highest BCUT2D eigenvalue weighted by Crippen LogP contribution is 2.30. The molecule has 0 bridgehead atoms. The molecule has 0 spiro atoms. The Balaban J connectivity index is 2.22. The van der Waals surface area contributed by atoms with Crippen molar-refractivity contribution in [3.8, 4) is 5.75 Å². The van der Waals surface area contributed by atoms with E-state index in [1.54, 1.807) is 19.1 Å². The Morgan fingerprint density at radius 1 is 1.27 bits per heavy atom. The molecule has 1 aromatic rings. The van der Waals surface area contributed by atoms with E-state index in [4.69, 9.17) is 21.4 Å². The number of benzene rings is 1. The zero-order valence-corrected chi connectivity index (χ0v) is 14.1. The van der Waals surface area contributed by atoms with Gasteiger partial charge in [-0.05, 0) is 25.1 Å². The number of hydrogen-bond donors (Lipinski definition) is 1. The van der Waals surface area contributed by atoms with Crippen LogP contribution in [0.1, 0.15) is 6.92 Å². The molecule has 0 amide bonds. The minimum Gasteiger partial charge on any atom is -0.492 e. The van der Waals surface area contributed by atoms with Crippen LogP contribution in [0.3, 0.4) is 0 Å². The van der Waals surface area contributed by atoms with E-state index in [0.717, 1.165) is 0 Å². The van der Waals surface area contributed by atoms with Gasteiger partial charge in [-0.15, -0.1) is 0 Å². The van der Waals surface area contributed by atoms with Crippen molar-refractivity contribution in [2.45, 2.75) is 11.8 Å². The molecule has 1 N–H and O–H groups in total. The smallest absolute Gasteiger partial charge is 0.246 e. The van der Waals surface area contributed by atoms with Crippen LogP contribution >= 0.6 is 11.6 Å². The Kier molecular flexibility index (Phi) is 6.05. The second-order valence-corrected chi connectivity index (χ2v) is 7.34. The molecule has 22 heavy (non-hydrogen) atoms. The molecule has 1 heterocycles. The van der Waals surface area contributed by atoms with Crippen molar-refractivity contribution in [2.24, 2.45) is 0 Å². The average Bonchev–Trinajstić information content (AvgIpc) is 2.50. The van der Waals surface area contributed by atoms with Gasteiger partial charge in [-0.25, -0.2) is 8.42 Å². The van der Waals surface area contributed by atoms with Crippen LogP contribution in [0, 0.1) is 0 Å². The molecule has 0 saturated carbocycles. The zero-order valence-electron chi connectivity index (χ0n) is 12.5. The lowest BCUT2D eigenvalue weighted by molar-refractivity contribution is 0.151. The summed E-state index contributed by atoms with van der Waals surface area (Å²) in [7, 11) is -3.64. The maximum absolute atomic E-state index is 12.8. The molecule has 0 atom stereocenters. The van der Waals surface area contributed by atoms with Gasteiger partial charge >= 0.3 is 0 Å². The molecule has 2 rings (SSSR count). The van der Waals surface area contributed by atoms with E-state index in [0.29, 0.717) is 50.1 Å². The first-order valence-corrected chi connectivity index (χ1v) is 9.06. The fraction of sp³-hybridized carbons (Fsp3) is 0.571. The van der Waals surface area contributed by atoms with E-state index in [1.807, 2.05) is 4.90 Å². The van der Waals surface area contributed by atoms with Gasteiger partial charge in [0.1, 0.15) is 10.6 Å². The molecule has 8 heteroatoms. The van der Waals surface area contributed by atoms with Crippen molar-refractivity contribution in [1.82, 2.24) is 9.21 Å². The summed E-state index contributed by atoms with van der Waals surface area (Å²) in [6, 6.07) is 4.63. The maximum Gasteiger partial charge on any atom is 0.246 e. The number of aliphatic hydroxyl groups is 1. The SMILES string of the molecule is CCOc1ccc(Cl)cc1S(=O)(=O)N1CCN(CCO)CC1. The van der Waals surface area contributed by atoms with E-state index < -0.39 is 10.0 Å². The van der Waals surface area contributed by atoms with Gasteiger partial charge < -0.3 is 9.84 Å². The average molecular weight is 349 g/mol. The van der Waals surface area contributed by atoms with Crippen LogP contribution in [0.15, 0.2) is 23.1 Å². The third-order valence-corrected chi connectivity index (χ3v) is 5.73. The van der Waals surface area contributed by atoms with Crippen molar-refractivity contribution < 1.29 is 18.3 Å². The zero-order chi connectivity index (χ0) is 16.2. The first-order valence-electron chi connectivity index (χ1n) is 7.24. The number of hydrogen-bond acceptors (Lipinski definition) is 5. The Morgan fingerprint density at radius 2 is 1.95 bits per heavy atom. The molecule has 1 aromatic carbocycles. The molecule has 124 valence electrons. The van der Waals surface area contributed by atoms with Gasteiger partial charge in [0.2, 0.25) is 10.0 Å². The van der Waals surface area contributed by atoms with Gasteiger partial charge in [0.25, 0.3) is 0 Å². The number of piperazine rings is 1. The standard InChI is InChI=1S/C14H21ClN2O4S/c1-2-21-13-4-3-12(15)11-14(13)22(19,20)17-7-5-16(6-8-17)9-10-18/h3-4,11,18H,2,5-10H2,1H3. The number of aliphatic hydroxyl groups excluding tert-OH is 1. The molecule has 6 nitrogen and oxygen atoms in total. The molecule has 1 aliphatic heterocycles. The molecule has 0 unspecified atom stereocenters. The van der Waals surface area contributed by atoms with Crippen LogP contribution in [0.25, 0.3) is 0 Å². The minimum atomic E-state index is -3.64. The van der Waals surface area contributed by atoms with Gasteiger partial charge in [0, 0.05) is 37.7 Å². The minimum absolute atomic E-state index is 0.0789. The Morgan fingerprint density at radius 3 is 2.55 bits per heavy atom. The lowest BCUT2D eigenvalue weighted by atomic mass is 10.3. The highest BCUT2D eigenvalue weighted by atomic mass is 35.5. The first kappa shape index (κ1) is 17.5. The predicted molar refractivity (Wildman–Crippen MR) is 84.9 cm³/mol. The highest BCUT2D eigenvalue weighted by Gasteiger charge is 2.30. The summed E-state index contributed by atoms with van der Waals surface area (Å²) in [6.07, 6.45) is 0. The summed E-state index contributed by atoms with van der Waals surface area (Å²) in [5.74, 6) is 0.324. The fourth-order valence-electron chi connectivity index (χ4n) is 2.43. The number of nitrogens with zero attached hydrogens (tertiary/aromatic N) is 2. The normalized spacial score (nSPS) is 17.6.